The second kappa shape index (κ2) is 6.64. The van der Waals surface area contributed by atoms with Crippen LogP contribution in [0.3, 0.4) is 0 Å². The van der Waals surface area contributed by atoms with Crippen LogP contribution in [-0.4, -0.2) is 36.9 Å². The molecule has 0 bridgehead atoms. The van der Waals surface area contributed by atoms with Gasteiger partial charge < -0.3 is 20.1 Å². The van der Waals surface area contributed by atoms with Crippen LogP contribution < -0.4 is 10.6 Å². The van der Waals surface area contributed by atoms with Crippen LogP contribution in [0.1, 0.15) is 25.7 Å². The van der Waals surface area contributed by atoms with Crippen molar-refractivity contribution in [2.24, 2.45) is 0 Å². The van der Waals surface area contributed by atoms with Crippen LogP contribution in [0.5, 0.6) is 0 Å². The van der Waals surface area contributed by atoms with Gasteiger partial charge in [0.05, 0.1) is 12.3 Å². The fraction of sp³-hybridized carbons (Fsp3) is 0.500. The lowest BCUT2D eigenvalue weighted by atomic mass is 10.2. The second-order valence-corrected chi connectivity index (χ2v) is 5.81. The smallest absolute Gasteiger partial charge is 0.313 e. The number of anilines is 1. The van der Waals surface area contributed by atoms with Crippen LogP contribution in [0, 0.1) is 5.82 Å². The fourth-order valence-corrected chi connectivity index (χ4v) is 2.92. The highest BCUT2D eigenvalue weighted by atomic mass is 19.1. The molecule has 0 radical (unpaired) electrons. The van der Waals surface area contributed by atoms with Crippen LogP contribution in [-0.2, 0) is 19.1 Å². The van der Waals surface area contributed by atoms with E-state index in [9.17, 15) is 14.0 Å². The lowest BCUT2D eigenvalue weighted by Crippen LogP contribution is -2.40. The summed E-state index contributed by atoms with van der Waals surface area (Å²) in [4.78, 5) is 23.5. The van der Waals surface area contributed by atoms with Gasteiger partial charge in [0.1, 0.15) is 11.9 Å². The Morgan fingerprint density at radius 3 is 2.70 bits per heavy atom. The van der Waals surface area contributed by atoms with Crippen molar-refractivity contribution >= 4 is 17.5 Å². The maximum Gasteiger partial charge on any atom is 0.313 e. The van der Waals surface area contributed by atoms with E-state index in [2.05, 4.69) is 10.6 Å². The summed E-state index contributed by atoms with van der Waals surface area (Å²) in [5.41, 5.74) is -0.0296. The van der Waals surface area contributed by atoms with Crippen LogP contribution >= 0.6 is 0 Å². The van der Waals surface area contributed by atoms with Gasteiger partial charge in [0.2, 0.25) is 0 Å². The Kier molecular flexibility index (Phi) is 4.58. The van der Waals surface area contributed by atoms with E-state index in [-0.39, 0.29) is 18.3 Å². The molecule has 2 N–H and O–H groups in total. The summed E-state index contributed by atoms with van der Waals surface area (Å²) in [5, 5.41) is 4.73. The summed E-state index contributed by atoms with van der Waals surface area (Å²) >= 11 is 0. The monoisotopic (exact) mass is 322 g/mol. The summed E-state index contributed by atoms with van der Waals surface area (Å²) in [5.74, 6) is -2.83. The summed E-state index contributed by atoms with van der Waals surface area (Å²) in [7, 11) is 0. The number of rotatable bonds is 3. The summed E-state index contributed by atoms with van der Waals surface area (Å²) in [6.07, 6.45) is 3.61. The van der Waals surface area contributed by atoms with Gasteiger partial charge in [-0.15, -0.1) is 0 Å². The molecule has 124 valence electrons. The maximum atomic E-state index is 13.4. The lowest BCUT2D eigenvalue weighted by Gasteiger charge is -2.21. The molecule has 1 atom stereocenters. The third-order valence-electron chi connectivity index (χ3n) is 4.10. The van der Waals surface area contributed by atoms with E-state index in [0.717, 1.165) is 25.7 Å². The van der Waals surface area contributed by atoms with Crippen molar-refractivity contribution in [1.82, 2.24) is 5.32 Å². The Hall–Kier alpha value is -1.99. The topological polar surface area (TPSA) is 76.7 Å². The third-order valence-corrected chi connectivity index (χ3v) is 4.10. The van der Waals surface area contributed by atoms with Gasteiger partial charge >= 0.3 is 11.8 Å². The molecule has 6 nitrogen and oxygen atoms in total. The first-order valence-corrected chi connectivity index (χ1v) is 7.73. The molecule has 2 fully saturated rings. The Morgan fingerprint density at radius 1 is 1.22 bits per heavy atom. The molecule has 1 spiro atoms. The average molecular weight is 322 g/mol. The highest BCUT2D eigenvalue weighted by Gasteiger charge is 2.43. The number of hydrogen-bond acceptors (Lipinski definition) is 4. The number of ether oxygens (including phenoxy) is 2. The molecule has 0 aromatic heterocycles. The van der Waals surface area contributed by atoms with Crippen molar-refractivity contribution in [3.63, 3.8) is 0 Å². The maximum absolute atomic E-state index is 13.4. The SMILES string of the molecule is O=C(NCC1COC2(CCCC2)O1)C(=O)Nc1ccccc1F. The Morgan fingerprint density at radius 2 is 1.96 bits per heavy atom. The molecular formula is C16H19FN2O4. The predicted octanol–water partition coefficient (Wildman–Crippen LogP) is 1.57. The lowest BCUT2D eigenvalue weighted by molar-refractivity contribution is -0.161. The standard InChI is InChI=1S/C16H19FN2O4/c17-12-5-1-2-6-13(12)19-15(21)14(20)18-9-11-10-22-16(23-11)7-3-4-8-16/h1-2,5-6,11H,3-4,7-10H2,(H,18,20)(H,19,21). The molecule has 2 amide bonds. The van der Waals surface area contributed by atoms with E-state index in [1.807, 2.05) is 0 Å². The zero-order chi connectivity index (χ0) is 16.3. The normalized spacial score (nSPS) is 22.2. The molecule has 3 rings (SSSR count). The van der Waals surface area contributed by atoms with Crippen LogP contribution in [0.4, 0.5) is 10.1 Å². The number of para-hydroxylation sites is 1. The third kappa shape index (κ3) is 3.68. The van der Waals surface area contributed by atoms with Gasteiger partial charge in [-0.2, -0.15) is 0 Å². The summed E-state index contributed by atoms with van der Waals surface area (Å²) < 4.78 is 25.0. The molecule has 1 unspecified atom stereocenters. The number of carbonyl (C=O) groups is 2. The van der Waals surface area contributed by atoms with Crippen LogP contribution in [0.25, 0.3) is 0 Å². The van der Waals surface area contributed by atoms with Gasteiger partial charge in [-0.25, -0.2) is 4.39 Å². The van der Waals surface area contributed by atoms with Gasteiger partial charge in [0, 0.05) is 19.4 Å². The highest BCUT2D eigenvalue weighted by Crippen LogP contribution is 2.38. The van der Waals surface area contributed by atoms with E-state index in [1.165, 1.54) is 18.2 Å². The highest BCUT2D eigenvalue weighted by molar-refractivity contribution is 6.39. The Balaban J connectivity index is 1.46. The first-order chi connectivity index (χ1) is 11.1. The average Bonchev–Trinajstić information content (AvgIpc) is 3.17. The minimum atomic E-state index is -0.912. The number of nitrogens with one attached hydrogen (secondary N) is 2. The molecular weight excluding hydrogens is 303 g/mol. The number of halogens is 1. The Labute approximate surface area is 133 Å². The van der Waals surface area contributed by atoms with Crippen LogP contribution in [0.15, 0.2) is 24.3 Å². The molecule has 2 aliphatic rings. The minimum absolute atomic E-state index is 0.0296. The number of amides is 2. The first kappa shape index (κ1) is 15.9. The molecule has 23 heavy (non-hydrogen) atoms. The molecule has 7 heteroatoms. The molecule has 1 aromatic rings. The molecule has 1 aliphatic heterocycles. The minimum Gasteiger partial charge on any atom is -0.347 e. The van der Waals surface area contributed by atoms with E-state index in [1.54, 1.807) is 6.07 Å². The second-order valence-electron chi connectivity index (χ2n) is 5.81. The van der Waals surface area contributed by atoms with E-state index >= 15 is 0 Å². The largest absolute Gasteiger partial charge is 0.347 e. The fourth-order valence-electron chi connectivity index (χ4n) is 2.92. The van der Waals surface area contributed by atoms with Crippen molar-refractivity contribution < 1.29 is 23.5 Å². The van der Waals surface area contributed by atoms with Crippen LogP contribution in [0.2, 0.25) is 0 Å². The number of benzene rings is 1. The van der Waals surface area contributed by atoms with E-state index < -0.39 is 23.4 Å². The van der Waals surface area contributed by atoms with Gasteiger partial charge in [-0.05, 0) is 25.0 Å². The van der Waals surface area contributed by atoms with E-state index in [4.69, 9.17) is 9.47 Å². The van der Waals surface area contributed by atoms with E-state index in [0.29, 0.717) is 6.61 Å². The molecule has 1 aromatic carbocycles. The molecule has 1 saturated carbocycles. The quantitative estimate of drug-likeness (QED) is 0.828. The van der Waals surface area contributed by atoms with Gasteiger partial charge in [-0.1, -0.05) is 12.1 Å². The number of hydrogen-bond donors (Lipinski definition) is 2. The van der Waals surface area contributed by atoms with Crippen molar-refractivity contribution in [2.75, 3.05) is 18.5 Å². The van der Waals surface area contributed by atoms with Crippen molar-refractivity contribution in [3.05, 3.63) is 30.1 Å². The summed E-state index contributed by atoms with van der Waals surface area (Å²) in [6.45, 7) is 0.584. The Bertz CT molecular complexity index is 601. The van der Waals surface area contributed by atoms with Gasteiger partial charge in [0.15, 0.2) is 5.79 Å². The molecule has 1 heterocycles. The zero-order valence-electron chi connectivity index (χ0n) is 12.6. The van der Waals surface area contributed by atoms with Gasteiger partial charge in [-0.3, -0.25) is 9.59 Å². The van der Waals surface area contributed by atoms with Crippen molar-refractivity contribution in [1.29, 1.82) is 0 Å². The first-order valence-electron chi connectivity index (χ1n) is 7.73. The molecule has 1 aliphatic carbocycles. The number of carbonyl (C=O) groups excluding carboxylic acids is 2. The van der Waals surface area contributed by atoms with Crippen molar-refractivity contribution in [3.8, 4) is 0 Å². The zero-order valence-corrected chi connectivity index (χ0v) is 12.6. The summed E-state index contributed by atoms with van der Waals surface area (Å²) in [6, 6.07) is 5.67. The molecule has 1 saturated heterocycles. The van der Waals surface area contributed by atoms with Crippen molar-refractivity contribution in [2.45, 2.75) is 37.6 Å². The van der Waals surface area contributed by atoms with Gasteiger partial charge in [0.25, 0.3) is 0 Å². The predicted molar refractivity (Wildman–Crippen MR) is 80.1 cm³/mol.